The van der Waals surface area contributed by atoms with Crippen molar-refractivity contribution in [3.63, 3.8) is 0 Å². The van der Waals surface area contributed by atoms with E-state index in [0.29, 0.717) is 23.6 Å². The van der Waals surface area contributed by atoms with Gasteiger partial charge in [-0.3, -0.25) is 4.79 Å². The van der Waals surface area contributed by atoms with Gasteiger partial charge >= 0.3 is 0 Å². The zero-order valence-corrected chi connectivity index (χ0v) is 11.2. The number of aliphatic hydroxyl groups excluding tert-OH is 1. The summed E-state index contributed by atoms with van der Waals surface area (Å²) in [7, 11) is 0. The fourth-order valence-electron chi connectivity index (χ4n) is 2.46. The Morgan fingerprint density at radius 2 is 2.00 bits per heavy atom. The molecule has 1 heterocycles. The number of amidine groups is 1. The van der Waals surface area contributed by atoms with Crippen molar-refractivity contribution in [1.82, 2.24) is 4.90 Å². The molecule has 20 heavy (non-hydrogen) atoms. The van der Waals surface area contributed by atoms with Gasteiger partial charge in [-0.05, 0) is 30.9 Å². The third kappa shape index (κ3) is 3.08. The van der Waals surface area contributed by atoms with E-state index in [0.717, 1.165) is 19.4 Å². The lowest BCUT2D eigenvalue weighted by molar-refractivity contribution is 0.0784. The van der Waals surface area contributed by atoms with Gasteiger partial charge in [-0.25, -0.2) is 0 Å². The lowest BCUT2D eigenvalue weighted by Gasteiger charge is -2.16. The molecule has 4 N–H and O–H groups in total. The van der Waals surface area contributed by atoms with Gasteiger partial charge in [0.15, 0.2) is 5.84 Å². The van der Waals surface area contributed by atoms with E-state index in [1.807, 2.05) is 0 Å². The van der Waals surface area contributed by atoms with Crippen LogP contribution >= 0.6 is 0 Å². The lowest BCUT2D eigenvalue weighted by Crippen LogP contribution is -2.28. The second-order valence-corrected chi connectivity index (χ2v) is 4.98. The largest absolute Gasteiger partial charge is 0.409 e. The zero-order valence-electron chi connectivity index (χ0n) is 11.2. The molecule has 1 aromatic carbocycles. The van der Waals surface area contributed by atoms with Crippen molar-refractivity contribution >= 4 is 11.7 Å². The van der Waals surface area contributed by atoms with Gasteiger partial charge in [0, 0.05) is 30.8 Å². The minimum atomic E-state index is -0.0171. The van der Waals surface area contributed by atoms with Gasteiger partial charge in [-0.1, -0.05) is 17.3 Å². The average Bonchev–Trinajstić information content (AvgIpc) is 2.95. The molecule has 2 rings (SSSR count). The Bertz CT molecular complexity index is 499. The third-order valence-electron chi connectivity index (χ3n) is 3.65. The molecule has 0 bridgehead atoms. The summed E-state index contributed by atoms with van der Waals surface area (Å²) in [6.45, 7) is 1.59. The number of oxime groups is 1. The van der Waals surface area contributed by atoms with Crippen LogP contribution in [0, 0.1) is 5.92 Å². The van der Waals surface area contributed by atoms with Crippen LogP contribution in [0.2, 0.25) is 0 Å². The second-order valence-electron chi connectivity index (χ2n) is 4.98. The Morgan fingerprint density at radius 3 is 2.60 bits per heavy atom. The molecule has 1 aromatic rings. The van der Waals surface area contributed by atoms with Crippen LogP contribution in [0.5, 0.6) is 0 Å². The first-order valence-corrected chi connectivity index (χ1v) is 6.63. The molecule has 1 amide bonds. The van der Waals surface area contributed by atoms with Crippen LogP contribution < -0.4 is 5.73 Å². The first kappa shape index (κ1) is 14.3. The summed E-state index contributed by atoms with van der Waals surface area (Å²) in [6, 6.07) is 6.66. The average molecular weight is 277 g/mol. The maximum atomic E-state index is 12.3. The van der Waals surface area contributed by atoms with Crippen LogP contribution in [0.15, 0.2) is 29.4 Å². The number of rotatable bonds is 4. The molecule has 1 unspecified atom stereocenters. The highest BCUT2D eigenvalue weighted by atomic mass is 16.4. The van der Waals surface area contributed by atoms with E-state index in [1.165, 1.54) is 0 Å². The maximum absolute atomic E-state index is 12.3. The minimum absolute atomic E-state index is 0.0171. The summed E-state index contributed by atoms with van der Waals surface area (Å²) in [5.74, 6) is 0.394. The quantitative estimate of drug-likeness (QED) is 0.325. The van der Waals surface area contributed by atoms with Gasteiger partial charge in [-0.15, -0.1) is 0 Å². The highest BCUT2D eigenvalue weighted by molar-refractivity contribution is 5.99. The van der Waals surface area contributed by atoms with Gasteiger partial charge in [-0.2, -0.15) is 0 Å². The van der Waals surface area contributed by atoms with Crippen molar-refractivity contribution in [2.45, 2.75) is 12.8 Å². The van der Waals surface area contributed by atoms with E-state index in [4.69, 9.17) is 16.0 Å². The minimum Gasteiger partial charge on any atom is -0.409 e. The molecule has 1 atom stereocenters. The van der Waals surface area contributed by atoms with Crippen LogP contribution in [0.25, 0.3) is 0 Å². The number of hydrogen-bond donors (Lipinski definition) is 3. The number of likely N-dealkylation sites (tertiary alicyclic amines) is 1. The summed E-state index contributed by atoms with van der Waals surface area (Å²) in [4.78, 5) is 14.1. The van der Waals surface area contributed by atoms with Crippen molar-refractivity contribution in [3.05, 3.63) is 35.4 Å². The van der Waals surface area contributed by atoms with Crippen LogP contribution in [0.4, 0.5) is 0 Å². The number of aliphatic hydroxyl groups is 1. The van der Waals surface area contributed by atoms with Crippen LogP contribution in [0.3, 0.4) is 0 Å². The summed E-state index contributed by atoms with van der Waals surface area (Å²) >= 11 is 0. The Kier molecular flexibility index (Phi) is 4.57. The van der Waals surface area contributed by atoms with Gasteiger partial charge in [0.2, 0.25) is 0 Å². The number of nitrogens with zero attached hydrogens (tertiary/aromatic N) is 2. The van der Waals surface area contributed by atoms with Crippen LogP contribution in [-0.2, 0) is 0 Å². The predicted octanol–water partition coefficient (Wildman–Crippen LogP) is 0.626. The Hall–Kier alpha value is -2.08. The first-order valence-electron chi connectivity index (χ1n) is 6.63. The molecule has 0 saturated carbocycles. The molecule has 1 aliphatic heterocycles. The van der Waals surface area contributed by atoms with Gasteiger partial charge in [0.05, 0.1) is 0 Å². The fraction of sp³-hybridized carbons (Fsp3) is 0.429. The van der Waals surface area contributed by atoms with Crippen molar-refractivity contribution in [3.8, 4) is 0 Å². The summed E-state index contributed by atoms with van der Waals surface area (Å²) in [5, 5.41) is 20.4. The Labute approximate surface area is 117 Å². The molecule has 0 spiro atoms. The first-order chi connectivity index (χ1) is 9.65. The molecular formula is C14H19N3O3. The standard InChI is InChI=1S/C14H19N3O3/c15-13(16-20)11-1-3-12(4-2-11)14(19)17-7-5-10(9-17)6-8-18/h1-4,10,18,20H,5-9H2,(H2,15,16). The molecule has 0 radical (unpaired) electrons. The SMILES string of the molecule is N/C(=N/O)c1ccc(C(=O)N2CCC(CCO)C2)cc1. The predicted molar refractivity (Wildman–Crippen MR) is 74.7 cm³/mol. The third-order valence-corrected chi connectivity index (χ3v) is 3.65. The van der Waals surface area contributed by atoms with Crippen molar-refractivity contribution in [1.29, 1.82) is 0 Å². The number of hydrogen-bond acceptors (Lipinski definition) is 4. The van der Waals surface area contributed by atoms with E-state index in [2.05, 4.69) is 5.16 Å². The molecular weight excluding hydrogens is 258 g/mol. The van der Waals surface area contributed by atoms with Gasteiger partial charge in [0.1, 0.15) is 0 Å². The van der Waals surface area contributed by atoms with Crippen molar-refractivity contribution < 1.29 is 15.1 Å². The number of carbonyl (C=O) groups is 1. The van der Waals surface area contributed by atoms with Crippen molar-refractivity contribution in [2.24, 2.45) is 16.8 Å². The van der Waals surface area contributed by atoms with E-state index in [-0.39, 0.29) is 18.3 Å². The highest BCUT2D eigenvalue weighted by Crippen LogP contribution is 2.21. The van der Waals surface area contributed by atoms with Crippen molar-refractivity contribution in [2.75, 3.05) is 19.7 Å². The van der Waals surface area contributed by atoms with E-state index in [1.54, 1.807) is 29.2 Å². The molecule has 0 aromatic heterocycles. The molecule has 108 valence electrons. The molecule has 1 aliphatic rings. The molecule has 6 nitrogen and oxygen atoms in total. The number of carbonyl (C=O) groups excluding carboxylic acids is 1. The van der Waals surface area contributed by atoms with Gasteiger partial charge < -0.3 is 20.9 Å². The monoisotopic (exact) mass is 277 g/mol. The number of benzene rings is 1. The summed E-state index contributed by atoms with van der Waals surface area (Å²) in [6.07, 6.45) is 1.68. The van der Waals surface area contributed by atoms with Crippen LogP contribution in [0.1, 0.15) is 28.8 Å². The second kappa shape index (κ2) is 6.38. The zero-order chi connectivity index (χ0) is 14.5. The fourth-order valence-corrected chi connectivity index (χ4v) is 2.46. The summed E-state index contributed by atoms with van der Waals surface area (Å²) in [5.41, 5.74) is 6.64. The van der Waals surface area contributed by atoms with Crippen LogP contribution in [-0.4, -0.2) is 46.7 Å². The Morgan fingerprint density at radius 1 is 1.35 bits per heavy atom. The van der Waals surface area contributed by atoms with E-state index >= 15 is 0 Å². The lowest BCUT2D eigenvalue weighted by atomic mass is 10.1. The summed E-state index contributed by atoms with van der Waals surface area (Å²) < 4.78 is 0. The highest BCUT2D eigenvalue weighted by Gasteiger charge is 2.26. The normalized spacial score (nSPS) is 19.4. The topological polar surface area (TPSA) is 99.2 Å². The Balaban J connectivity index is 2.03. The molecule has 6 heteroatoms. The van der Waals surface area contributed by atoms with E-state index < -0.39 is 0 Å². The smallest absolute Gasteiger partial charge is 0.253 e. The van der Waals surface area contributed by atoms with E-state index in [9.17, 15) is 4.79 Å². The maximum Gasteiger partial charge on any atom is 0.253 e. The number of nitrogens with two attached hydrogens (primary N) is 1. The van der Waals surface area contributed by atoms with Gasteiger partial charge in [0.25, 0.3) is 5.91 Å². The number of amides is 1. The molecule has 1 saturated heterocycles. The molecule has 0 aliphatic carbocycles. The molecule has 1 fully saturated rings.